The Morgan fingerprint density at radius 2 is 1.79 bits per heavy atom. The Balaban J connectivity index is 1.64. The lowest BCUT2D eigenvalue weighted by atomic mass is 9.95. The Morgan fingerprint density at radius 3 is 2.41 bits per heavy atom. The van der Waals surface area contributed by atoms with Gasteiger partial charge in [0.25, 0.3) is 0 Å². The molecule has 1 aliphatic rings. The zero-order valence-corrected chi connectivity index (χ0v) is 18.2. The molecule has 2 aromatic rings. The highest BCUT2D eigenvalue weighted by molar-refractivity contribution is 7.90. The summed E-state index contributed by atoms with van der Waals surface area (Å²) in [6.07, 6.45) is 3.13. The summed E-state index contributed by atoms with van der Waals surface area (Å²) in [6.45, 7) is 4.65. The smallest absolute Gasteiger partial charge is 0.227 e. The van der Waals surface area contributed by atoms with Crippen molar-refractivity contribution in [2.75, 3.05) is 26.4 Å². The van der Waals surface area contributed by atoms with Gasteiger partial charge < -0.3 is 4.90 Å². The van der Waals surface area contributed by atoms with Crippen molar-refractivity contribution >= 4 is 15.7 Å². The Hall–Kier alpha value is -2.18. The second-order valence-corrected chi connectivity index (χ2v) is 10.0. The number of rotatable bonds is 6. The van der Waals surface area contributed by atoms with Gasteiger partial charge >= 0.3 is 0 Å². The number of amides is 1. The van der Waals surface area contributed by atoms with Crippen LogP contribution in [0.5, 0.6) is 0 Å². The second kappa shape index (κ2) is 9.09. The van der Waals surface area contributed by atoms with Gasteiger partial charge in [-0.3, -0.25) is 9.69 Å². The number of benzene rings is 2. The number of likely N-dealkylation sites (tertiary alicyclic amines) is 1. The van der Waals surface area contributed by atoms with E-state index in [9.17, 15) is 13.2 Å². The molecule has 0 saturated carbocycles. The Kier molecular flexibility index (Phi) is 6.75. The fraction of sp³-hybridized carbons (Fsp3) is 0.435. The van der Waals surface area contributed by atoms with Crippen LogP contribution in [-0.2, 0) is 21.2 Å². The molecule has 1 amide bonds. The minimum absolute atomic E-state index is 0.00444. The van der Waals surface area contributed by atoms with Crippen LogP contribution in [0.4, 0.5) is 0 Å². The van der Waals surface area contributed by atoms with Crippen LogP contribution in [-0.4, -0.2) is 50.5 Å². The quantitative estimate of drug-likeness (QED) is 0.726. The van der Waals surface area contributed by atoms with E-state index >= 15 is 0 Å². The van der Waals surface area contributed by atoms with Crippen LogP contribution in [0.2, 0.25) is 0 Å². The molecule has 156 valence electrons. The number of carbonyl (C=O) groups excluding carboxylic acids is 1. The summed E-state index contributed by atoms with van der Waals surface area (Å²) in [7, 11) is -1.38. The first kappa shape index (κ1) is 21.5. The Bertz CT molecular complexity index is 926. The highest BCUT2D eigenvalue weighted by Crippen LogP contribution is 2.26. The molecule has 29 heavy (non-hydrogen) atoms. The number of hydrogen-bond donors (Lipinski definition) is 0. The van der Waals surface area contributed by atoms with Gasteiger partial charge in [0.05, 0.1) is 16.9 Å². The van der Waals surface area contributed by atoms with Crippen molar-refractivity contribution in [2.24, 2.45) is 5.92 Å². The van der Waals surface area contributed by atoms with E-state index in [1.165, 1.54) is 11.8 Å². The van der Waals surface area contributed by atoms with E-state index in [0.717, 1.165) is 38.0 Å². The van der Waals surface area contributed by atoms with E-state index in [1.807, 2.05) is 32.2 Å². The van der Waals surface area contributed by atoms with E-state index < -0.39 is 9.84 Å². The van der Waals surface area contributed by atoms with Crippen molar-refractivity contribution in [2.45, 2.75) is 37.2 Å². The van der Waals surface area contributed by atoms with Gasteiger partial charge in [0.1, 0.15) is 0 Å². The Morgan fingerprint density at radius 1 is 1.14 bits per heavy atom. The zero-order valence-electron chi connectivity index (χ0n) is 17.4. The SMILES string of the molecule is CC(c1ccc(S(C)(=O)=O)cc1)N(C)C(=O)C1CCCN(Cc2ccccc2)C1. The topological polar surface area (TPSA) is 57.7 Å². The largest absolute Gasteiger partial charge is 0.339 e. The van der Waals surface area contributed by atoms with Gasteiger partial charge in [0.2, 0.25) is 5.91 Å². The molecule has 0 N–H and O–H groups in total. The van der Waals surface area contributed by atoms with Crippen molar-refractivity contribution in [3.05, 3.63) is 65.7 Å². The first-order valence-electron chi connectivity index (χ1n) is 10.1. The van der Waals surface area contributed by atoms with Crippen LogP contribution in [0.25, 0.3) is 0 Å². The molecule has 1 saturated heterocycles. The predicted octanol–water partition coefficient (Wildman–Crippen LogP) is 3.52. The van der Waals surface area contributed by atoms with Gasteiger partial charge in [0, 0.05) is 26.4 Å². The summed E-state index contributed by atoms with van der Waals surface area (Å²) in [5.41, 5.74) is 2.21. The van der Waals surface area contributed by atoms with E-state index in [0.29, 0.717) is 4.90 Å². The molecule has 0 aromatic heterocycles. The lowest BCUT2D eigenvalue weighted by Crippen LogP contribution is -2.44. The average molecular weight is 415 g/mol. The molecule has 0 spiro atoms. The third kappa shape index (κ3) is 5.46. The standard InChI is InChI=1S/C23H30N2O3S/c1-18(20-11-13-22(14-12-20)29(3,27)28)24(2)23(26)21-10-7-15-25(17-21)16-19-8-5-4-6-9-19/h4-6,8-9,11-14,18,21H,7,10,15-17H2,1-3H3. The average Bonchev–Trinajstić information content (AvgIpc) is 2.72. The number of nitrogens with zero attached hydrogens (tertiary/aromatic N) is 2. The first-order chi connectivity index (χ1) is 13.8. The minimum Gasteiger partial charge on any atom is -0.339 e. The first-order valence-corrected chi connectivity index (χ1v) is 12.0. The molecule has 0 aliphatic carbocycles. The van der Waals surface area contributed by atoms with Crippen molar-refractivity contribution < 1.29 is 13.2 Å². The fourth-order valence-corrected chi connectivity index (χ4v) is 4.57. The van der Waals surface area contributed by atoms with Crippen molar-refractivity contribution in [3.8, 4) is 0 Å². The monoisotopic (exact) mass is 414 g/mol. The van der Waals surface area contributed by atoms with Crippen LogP contribution in [0.15, 0.2) is 59.5 Å². The summed E-state index contributed by atoms with van der Waals surface area (Å²) in [5, 5.41) is 0. The second-order valence-electron chi connectivity index (χ2n) is 8.03. The third-order valence-corrected chi connectivity index (χ3v) is 6.95. The molecule has 0 bridgehead atoms. The fourth-order valence-electron chi connectivity index (χ4n) is 3.94. The number of piperidine rings is 1. The van der Waals surface area contributed by atoms with Crippen LogP contribution in [0.1, 0.15) is 36.9 Å². The zero-order chi connectivity index (χ0) is 21.0. The van der Waals surface area contributed by atoms with Gasteiger partial charge in [-0.05, 0) is 49.6 Å². The van der Waals surface area contributed by atoms with Gasteiger partial charge in [-0.15, -0.1) is 0 Å². The molecular weight excluding hydrogens is 384 g/mol. The van der Waals surface area contributed by atoms with E-state index in [-0.39, 0.29) is 17.9 Å². The van der Waals surface area contributed by atoms with E-state index in [4.69, 9.17) is 0 Å². The van der Waals surface area contributed by atoms with Crippen molar-refractivity contribution in [1.82, 2.24) is 9.80 Å². The molecule has 1 heterocycles. The molecule has 0 radical (unpaired) electrons. The number of hydrogen-bond acceptors (Lipinski definition) is 4. The third-order valence-electron chi connectivity index (χ3n) is 5.82. The summed E-state index contributed by atoms with van der Waals surface area (Å²) < 4.78 is 23.3. The lowest BCUT2D eigenvalue weighted by Gasteiger charge is -2.35. The van der Waals surface area contributed by atoms with Crippen LogP contribution >= 0.6 is 0 Å². The molecule has 1 fully saturated rings. The molecule has 6 heteroatoms. The molecule has 2 unspecified atom stereocenters. The molecule has 3 rings (SSSR count). The van der Waals surface area contributed by atoms with Crippen LogP contribution in [0, 0.1) is 5.92 Å². The highest BCUT2D eigenvalue weighted by Gasteiger charge is 2.30. The molecule has 5 nitrogen and oxygen atoms in total. The van der Waals surface area contributed by atoms with Crippen LogP contribution < -0.4 is 0 Å². The lowest BCUT2D eigenvalue weighted by molar-refractivity contribution is -0.138. The normalized spacial score (nSPS) is 18.9. The number of sulfone groups is 1. The summed E-state index contributed by atoms with van der Waals surface area (Å²) in [4.78, 5) is 17.6. The molecule has 2 aromatic carbocycles. The van der Waals surface area contributed by atoms with E-state index in [2.05, 4.69) is 17.0 Å². The molecule has 1 aliphatic heterocycles. The van der Waals surface area contributed by atoms with Crippen LogP contribution in [0.3, 0.4) is 0 Å². The maximum atomic E-state index is 13.1. The maximum Gasteiger partial charge on any atom is 0.227 e. The highest BCUT2D eigenvalue weighted by atomic mass is 32.2. The molecular formula is C23H30N2O3S. The summed E-state index contributed by atoms with van der Waals surface area (Å²) in [5.74, 6) is 0.151. The van der Waals surface area contributed by atoms with Crippen molar-refractivity contribution in [3.63, 3.8) is 0 Å². The van der Waals surface area contributed by atoms with Gasteiger partial charge in [0.15, 0.2) is 9.84 Å². The van der Waals surface area contributed by atoms with E-state index in [1.54, 1.807) is 29.2 Å². The molecule has 2 atom stereocenters. The minimum atomic E-state index is -3.22. The van der Waals surface area contributed by atoms with Crippen molar-refractivity contribution in [1.29, 1.82) is 0 Å². The summed E-state index contributed by atoms with van der Waals surface area (Å²) >= 11 is 0. The Labute approximate surface area is 174 Å². The van der Waals surface area contributed by atoms with Gasteiger partial charge in [-0.25, -0.2) is 8.42 Å². The van der Waals surface area contributed by atoms with Gasteiger partial charge in [-0.1, -0.05) is 42.5 Å². The van der Waals surface area contributed by atoms with Gasteiger partial charge in [-0.2, -0.15) is 0 Å². The maximum absolute atomic E-state index is 13.1. The number of carbonyl (C=O) groups is 1. The summed E-state index contributed by atoms with van der Waals surface area (Å²) in [6, 6.07) is 17.1. The predicted molar refractivity (Wildman–Crippen MR) is 115 cm³/mol.